The predicted molar refractivity (Wildman–Crippen MR) is 71.8 cm³/mol. The number of hydrogen-bond donors (Lipinski definition) is 3. The average Bonchev–Trinajstić information content (AvgIpc) is 3.15. The summed E-state index contributed by atoms with van der Waals surface area (Å²) in [7, 11) is 0. The summed E-state index contributed by atoms with van der Waals surface area (Å²) in [6.07, 6.45) is 5.31. The molecule has 2 saturated carbocycles. The molecule has 2 atom stereocenters. The molecule has 2 amide bonds. The molecule has 0 radical (unpaired) electrons. The van der Waals surface area contributed by atoms with E-state index in [9.17, 15) is 9.59 Å². The summed E-state index contributed by atoms with van der Waals surface area (Å²) in [5, 5.41) is 14.8. The van der Waals surface area contributed by atoms with E-state index in [1.54, 1.807) is 0 Å². The molecule has 0 aromatic heterocycles. The Morgan fingerprint density at radius 2 is 1.84 bits per heavy atom. The third-order valence-corrected chi connectivity index (χ3v) is 4.53. The second-order valence-corrected chi connectivity index (χ2v) is 5.91. The number of rotatable bonds is 5. The minimum Gasteiger partial charge on any atom is -0.481 e. The molecular weight excluding hydrogens is 244 g/mol. The highest BCUT2D eigenvalue weighted by atomic mass is 16.4. The van der Waals surface area contributed by atoms with Crippen molar-refractivity contribution >= 4 is 12.0 Å². The number of carbonyl (C=O) groups is 2. The molecule has 5 heteroatoms. The molecule has 0 aromatic carbocycles. The van der Waals surface area contributed by atoms with Crippen LogP contribution in [0.2, 0.25) is 0 Å². The van der Waals surface area contributed by atoms with Crippen LogP contribution in [-0.2, 0) is 4.79 Å². The molecular formula is C14H24N2O3. The Hall–Kier alpha value is -1.26. The van der Waals surface area contributed by atoms with E-state index in [0.717, 1.165) is 25.3 Å². The highest BCUT2D eigenvalue weighted by molar-refractivity contribution is 5.74. The van der Waals surface area contributed by atoms with E-state index in [1.807, 2.05) is 0 Å². The maximum atomic E-state index is 11.7. The summed E-state index contributed by atoms with van der Waals surface area (Å²) < 4.78 is 0. The van der Waals surface area contributed by atoms with E-state index >= 15 is 0 Å². The number of hydrogen-bond acceptors (Lipinski definition) is 2. The monoisotopic (exact) mass is 268 g/mol. The minimum atomic E-state index is -0.706. The lowest BCUT2D eigenvalue weighted by Gasteiger charge is -2.26. The molecule has 2 fully saturated rings. The van der Waals surface area contributed by atoms with Crippen LogP contribution in [0.4, 0.5) is 4.79 Å². The van der Waals surface area contributed by atoms with Crippen LogP contribution in [0, 0.1) is 17.8 Å². The molecule has 2 rings (SSSR count). The summed E-state index contributed by atoms with van der Waals surface area (Å²) in [4.78, 5) is 22.5. The van der Waals surface area contributed by atoms with E-state index < -0.39 is 5.97 Å². The normalized spacial score (nSPS) is 33.5. The van der Waals surface area contributed by atoms with Crippen molar-refractivity contribution in [2.24, 2.45) is 17.8 Å². The first-order valence-corrected chi connectivity index (χ1v) is 7.37. The Labute approximate surface area is 114 Å². The first kappa shape index (κ1) is 14.2. The lowest BCUT2D eigenvalue weighted by atomic mass is 9.86. The Kier molecular flexibility index (Phi) is 4.66. The Balaban J connectivity index is 1.60. The van der Waals surface area contributed by atoms with Gasteiger partial charge in [-0.15, -0.1) is 0 Å². The van der Waals surface area contributed by atoms with Gasteiger partial charge in [0.1, 0.15) is 0 Å². The molecule has 108 valence electrons. The highest BCUT2D eigenvalue weighted by Crippen LogP contribution is 2.40. The fourth-order valence-corrected chi connectivity index (χ4v) is 3.01. The molecule has 5 nitrogen and oxygen atoms in total. The molecule has 0 aromatic rings. The van der Waals surface area contributed by atoms with Crippen LogP contribution >= 0.6 is 0 Å². The number of nitrogens with one attached hydrogen (secondary N) is 2. The van der Waals surface area contributed by atoms with Gasteiger partial charge >= 0.3 is 12.0 Å². The SMILES string of the molecule is CC[C@@H]1C[C@H]1CNC(=O)NC1CCC(C(=O)O)CC1. The molecule has 0 aliphatic heterocycles. The maximum absolute atomic E-state index is 11.7. The second kappa shape index (κ2) is 6.26. The molecule has 0 unspecified atom stereocenters. The van der Waals surface area contributed by atoms with Gasteiger partial charge in [0.05, 0.1) is 5.92 Å². The fraction of sp³-hybridized carbons (Fsp3) is 0.857. The van der Waals surface area contributed by atoms with Gasteiger partial charge in [-0.3, -0.25) is 4.79 Å². The van der Waals surface area contributed by atoms with Crippen LogP contribution in [0.5, 0.6) is 0 Å². The lowest BCUT2D eigenvalue weighted by molar-refractivity contribution is -0.142. The van der Waals surface area contributed by atoms with Crippen molar-refractivity contribution in [3.63, 3.8) is 0 Å². The number of carboxylic acid groups (broad SMARTS) is 1. The molecule has 0 saturated heterocycles. The zero-order chi connectivity index (χ0) is 13.8. The van der Waals surface area contributed by atoms with Gasteiger partial charge in [0.2, 0.25) is 0 Å². The average molecular weight is 268 g/mol. The third-order valence-electron chi connectivity index (χ3n) is 4.53. The molecule has 0 bridgehead atoms. The van der Waals surface area contributed by atoms with Crippen molar-refractivity contribution in [3.8, 4) is 0 Å². The largest absolute Gasteiger partial charge is 0.481 e. The standard InChI is InChI=1S/C14H24N2O3/c1-2-9-7-11(9)8-15-14(19)16-12-5-3-10(4-6-12)13(17)18/h9-12H,2-8H2,1H3,(H,17,18)(H2,15,16,19)/t9-,10?,11+,12?/m1/s1. The lowest BCUT2D eigenvalue weighted by Crippen LogP contribution is -2.44. The van der Waals surface area contributed by atoms with E-state index in [2.05, 4.69) is 17.6 Å². The van der Waals surface area contributed by atoms with E-state index in [1.165, 1.54) is 12.8 Å². The molecule has 2 aliphatic carbocycles. The van der Waals surface area contributed by atoms with Crippen molar-refractivity contribution in [2.75, 3.05) is 6.54 Å². The summed E-state index contributed by atoms with van der Waals surface area (Å²) in [5.41, 5.74) is 0. The van der Waals surface area contributed by atoms with Crippen molar-refractivity contribution in [1.82, 2.24) is 10.6 Å². The van der Waals surface area contributed by atoms with Gasteiger partial charge in [-0.05, 0) is 43.9 Å². The van der Waals surface area contributed by atoms with Gasteiger partial charge in [0.15, 0.2) is 0 Å². The van der Waals surface area contributed by atoms with E-state index in [-0.39, 0.29) is 18.0 Å². The van der Waals surface area contributed by atoms with Gasteiger partial charge in [-0.25, -0.2) is 4.79 Å². The van der Waals surface area contributed by atoms with Gasteiger partial charge in [-0.2, -0.15) is 0 Å². The van der Waals surface area contributed by atoms with Crippen molar-refractivity contribution in [2.45, 2.75) is 51.5 Å². The third kappa shape index (κ3) is 4.11. The first-order chi connectivity index (χ1) is 9.10. The molecule has 0 heterocycles. The van der Waals surface area contributed by atoms with Gasteiger partial charge < -0.3 is 15.7 Å². The van der Waals surface area contributed by atoms with E-state index in [4.69, 9.17) is 5.11 Å². The number of carbonyl (C=O) groups excluding carboxylic acids is 1. The van der Waals surface area contributed by atoms with Crippen molar-refractivity contribution < 1.29 is 14.7 Å². The Morgan fingerprint density at radius 3 is 2.37 bits per heavy atom. The summed E-state index contributed by atoms with van der Waals surface area (Å²) >= 11 is 0. The van der Waals surface area contributed by atoms with Crippen molar-refractivity contribution in [1.29, 1.82) is 0 Å². The minimum absolute atomic E-state index is 0.0967. The summed E-state index contributed by atoms with van der Waals surface area (Å²) in [6.45, 7) is 2.96. The molecule has 0 spiro atoms. The number of carboxylic acids is 1. The van der Waals surface area contributed by atoms with Crippen LogP contribution < -0.4 is 10.6 Å². The van der Waals surface area contributed by atoms with Crippen LogP contribution in [0.3, 0.4) is 0 Å². The van der Waals surface area contributed by atoms with Gasteiger partial charge in [-0.1, -0.05) is 13.3 Å². The second-order valence-electron chi connectivity index (χ2n) is 5.91. The van der Waals surface area contributed by atoms with Crippen LogP contribution in [0.25, 0.3) is 0 Å². The smallest absolute Gasteiger partial charge is 0.315 e. The Bertz CT molecular complexity index is 338. The Morgan fingerprint density at radius 1 is 1.16 bits per heavy atom. The van der Waals surface area contributed by atoms with Crippen molar-refractivity contribution in [3.05, 3.63) is 0 Å². The topological polar surface area (TPSA) is 78.4 Å². The van der Waals surface area contributed by atoms with Gasteiger partial charge in [0, 0.05) is 12.6 Å². The van der Waals surface area contributed by atoms with Crippen LogP contribution in [0.1, 0.15) is 45.4 Å². The highest BCUT2D eigenvalue weighted by Gasteiger charge is 2.35. The quantitative estimate of drug-likeness (QED) is 0.713. The maximum Gasteiger partial charge on any atom is 0.315 e. The zero-order valence-corrected chi connectivity index (χ0v) is 11.5. The number of amides is 2. The zero-order valence-electron chi connectivity index (χ0n) is 11.5. The van der Waals surface area contributed by atoms with Crippen LogP contribution in [-0.4, -0.2) is 29.7 Å². The number of aliphatic carboxylic acids is 1. The van der Waals surface area contributed by atoms with Gasteiger partial charge in [0.25, 0.3) is 0 Å². The number of urea groups is 1. The molecule has 3 N–H and O–H groups in total. The van der Waals surface area contributed by atoms with Crippen LogP contribution in [0.15, 0.2) is 0 Å². The van der Waals surface area contributed by atoms with E-state index in [0.29, 0.717) is 18.8 Å². The predicted octanol–water partition coefficient (Wildman–Crippen LogP) is 1.98. The first-order valence-electron chi connectivity index (χ1n) is 7.37. The fourth-order valence-electron chi connectivity index (χ4n) is 3.01. The molecule has 19 heavy (non-hydrogen) atoms. The summed E-state index contributed by atoms with van der Waals surface area (Å²) in [5.74, 6) is 0.532. The summed E-state index contributed by atoms with van der Waals surface area (Å²) in [6, 6.07) is 0.0392. The molecule has 2 aliphatic rings.